The minimum atomic E-state index is -0.364. The van der Waals surface area contributed by atoms with Crippen molar-refractivity contribution in [3.63, 3.8) is 0 Å². The number of hydrogen-bond acceptors (Lipinski definition) is 8. The SMILES string of the molecule is O=c1oc2cccnc2n1CCN1CCCN(CCn2c(=O)oc3cccnc32)CC1. The minimum Gasteiger partial charge on any atom is -0.406 e. The van der Waals surface area contributed by atoms with E-state index < -0.39 is 0 Å². The van der Waals surface area contributed by atoms with Crippen LogP contribution in [0.4, 0.5) is 0 Å². The predicted octanol–water partition coefficient (Wildman–Crippen LogP) is 1.00. The normalized spacial score (nSPS) is 16.3. The van der Waals surface area contributed by atoms with Gasteiger partial charge in [0, 0.05) is 51.7 Å². The summed E-state index contributed by atoms with van der Waals surface area (Å²) in [5.41, 5.74) is 2.22. The Labute approximate surface area is 177 Å². The minimum absolute atomic E-state index is 0.364. The lowest BCUT2D eigenvalue weighted by Gasteiger charge is -2.21. The molecule has 5 heterocycles. The molecule has 0 atom stereocenters. The molecule has 0 spiro atoms. The molecule has 1 saturated heterocycles. The van der Waals surface area contributed by atoms with Gasteiger partial charge in [-0.05, 0) is 43.8 Å². The average Bonchev–Trinajstić information content (AvgIpc) is 3.16. The van der Waals surface area contributed by atoms with Crippen molar-refractivity contribution < 1.29 is 8.83 Å². The van der Waals surface area contributed by atoms with Crippen LogP contribution in [0.25, 0.3) is 22.5 Å². The van der Waals surface area contributed by atoms with Crippen LogP contribution in [0, 0.1) is 0 Å². The van der Waals surface area contributed by atoms with E-state index in [9.17, 15) is 9.59 Å². The molecule has 0 aromatic carbocycles. The molecule has 1 fully saturated rings. The number of oxazole rings is 2. The highest BCUT2D eigenvalue weighted by atomic mass is 16.4. The molecule has 0 saturated carbocycles. The first-order chi connectivity index (χ1) is 15.2. The first kappa shape index (κ1) is 19.7. The predicted molar refractivity (Wildman–Crippen MR) is 114 cm³/mol. The third-order valence-corrected chi connectivity index (χ3v) is 5.81. The molecule has 10 nitrogen and oxygen atoms in total. The third kappa shape index (κ3) is 4.04. The van der Waals surface area contributed by atoms with Crippen LogP contribution >= 0.6 is 0 Å². The van der Waals surface area contributed by atoms with Crippen molar-refractivity contribution in [3.8, 4) is 0 Å². The highest BCUT2D eigenvalue weighted by molar-refractivity contribution is 5.67. The summed E-state index contributed by atoms with van der Waals surface area (Å²) in [6.45, 7) is 6.34. The Morgan fingerprint density at radius 1 is 0.710 bits per heavy atom. The highest BCUT2D eigenvalue weighted by Crippen LogP contribution is 2.11. The van der Waals surface area contributed by atoms with Crippen molar-refractivity contribution in [3.05, 3.63) is 57.8 Å². The van der Waals surface area contributed by atoms with Gasteiger partial charge < -0.3 is 18.6 Å². The lowest BCUT2D eigenvalue weighted by atomic mass is 10.3. The molecule has 5 rings (SSSR count). The van der Waals surface area contributed by atoms with Crippen LogP contribution in [-0.4, -0.2) is 68.2 Å². The Hall–Kier alpha value is -3.24. The van der Waals surface area contributed by atoms with Gasteiger partial charge in [-0.1, -0.05) is 0 Å². The summed E-state index contributed by atoms with van der Waals surface area (Å²) in [6.07, 6.45) is 4.36. The molecule has 162 valence electrons. The van der Waals surface area contributed by atoms with Gasteiger partial charge in [-0.25, -0.2) is 19.6 Å². The standard InChI is InChI=1S/C21H24N6O4/c28-20-26(18-16(30-20)4-1-6-22-18)14-12-24-8-3-9-25(11-10-24)13-15-27-19-17(31-21(27)29)5-2-7-23-19/h1-2,4-7H,3,8-15H2. The Bertz CT molecular complexity index is 1200. The van der Waals surface area contributed by atoms with Crippen molar-refractivity contribution in [2.75, 3.05) is 39.3 Å². The van der Waals surface area contributed by atoms with E-state index in [1.165, 1.54) is 0 Å². The van der Waals surface area contributed by atoms with Gasteiger partial charge in [0.2, 0.25) is 0 Å². The van der Waals surface area contributed by atoms with E-state index in [4.69, 9.17) is 8.83 Å². The molecule has 1 aliphatic rings. The lowest BCUT2D eigenvalue weighted by Crippen LogP contribution is -2.35. The van der Waals surface area contributed by atoms with Crippen LogP contribution in [-0.2, 0) is 13.1 Å². The average molecular weight is 424 g/mol. The smallest absolute Gasteiger partial charge is 0.406 e. The van der Waals surface area contributed by atoms with Gasteiger partial charge in [-0.2, -0.15) is 0 Å². The fourth-order valence-electron chi connectivity index (χ4n) is 4.15. The number of nitrogens with zero attached hydrogens (tertiary/aromatic N) is 6. The molecule has 31 heavy (non-hydrogen) atoms. The van der Waals surface area contributed by atoms with E-state index in [0.717, 1.165) is 45.7 Å². The largest absolute Gasteiger partial charge is 0.421 e. The zero-order chi connectivity index (χ0) is 21.2. The van der Waals surface area contributed by atoms with Gasteiger partial charge in [0.25, 0.3) is 0 Å². The quantitative estimate of drug-likeness (QED) is 0.452. The van der Waals surface area contributed by atoms with Crippen LogP contribution in [0.2, 0.25) is 0 Å². The molecule has 0 unspecified atom stereocenters. The van der Waals surface area contributed by atoms with E-state index in [1.54, 1.807) is 45.8 Å². The number of pyridine rings is 2. The van der Waals surface area contributed by atoms with E-state index in [0.29, 0.717) is 35.5 Å². The number of hydrogen-bond donors (Lipinski definition) is 0. The van der Waals surface area contributed by atoms with Crippen LogP contribution in [0.1, 0.15) is 6.42 Å². The van der Waals surface area contributed by atoms with Crippen LogP contribution < -0.4 is 11.5 Å². The zero-order valence-corrected chi connectivity index (χ0v) is 17.1. The highest BCUT2D eigenvalue weighted by Gasteiger charge is 2.18. The summed E-state index contributed by atoms with van der Waals surface area (Å²) in [4.78, 5) is 37.5. The second kappa shape index (κ2) is 8.48. The van der Waals surface area contributed by atoms with E-state index in [-0.39, 0.29) is 11.5 Å². The van der Waals surface area contributed by atoms with Gasteiger partial charge in [0.15, 0.2) is 22.5 Å². The van der Waals surface area contributed by atoms with Gasteiger partial charge in [0.1, 0.15) is 0 Å². The van der Waals surface area contributed by atoms with Crippen molar-refractivity contribution >= 4 is 22.5 Å². The van der Waals surface area contributed by atoms with Crippen LogP contribution in [0.5, 0.6) is 0 Å². The monoisotopic (exact) mass is 424 g/mol. The van der Waals surface area contributed by atoms with E-state index >= 15 is 0 Å². The molecule has 0 N–H and O–H groups in total. The first-order valence-electron chi connectivity index (χ1n) is 10.5. The Morgan fingerprint density at radius 3 is 1.68 bits per heavy atom. The molecule has 4 aromatic rings. The number of rotatable bonds is 6. The molecule has 10 heteroatoms. The lowest BCUT2D eigenvalue weighted by molar-refractivity contribution is 0.243. The molecule has 0 bridgehead atoms. The van der Waals surface area contributed by atoms with Crippen molar-refractivity contribution in [1.29, 1.82) is 0 Å². The maximum Gasteiger partial charge on any atom is 0.421 e. The summed E-state index contributed by atoms with van der Waals surface area (Å²) in [6, 6.07) is 7.03. The van der Waals surface area contributed by atoms with Crippen LogP contribution in [0.15, 0.2) is 55.1 Å². The van der Waals surface area contributed by atoms with E-state index in [2.05, 4.69) is 19.8 Å². The summed E-state index contributed by atoms with van der Waals surface area (Å²) in [5, 5.41) is 0. The van der Waals surface area contributed by atoms with Gasteiger partial charge >= 0.3 is 11.5 Å². The number of fused-ring (bicyclic) bond motifs is 2. The first-order valence-corrected chi connectivity index (χ1v) is 10.5. The maximum atomic E-state index is 12.1. The molecular weight excluding hydrogens is 400 g/mol. The molecule has 0 aliphatic carbocycles. The topological polar surface area (TPSA) is 103 Å². The van der Waals surface area contributed by atoms with Gasteiger partial charge in [-0.15, -0.1) is 0 Å². The summed E-state index contributed by atoms with van der Waals surface area (Å²) in [7, 11) is 0. The van der Waals surface area contributed by atoms with Gasteiger partial charge in [0.05, 0.1) is 0 Å². The maximum absolute atomic E-state index is 12.1. The third-order valence-electron chi connectivity index (χ3n) is 5.81. The second-order valence-corrected chi connectivity index (χ2v) is 7.73. The Balaban J connectivity index is 1.18. The summed E-state index contributed by atoms with van der Waals surface area (Å²) >= 11 is 0. The fourth-order valence-corrected chi connectivity index (χ4v) is 4.15. The second-order valence-electron chi connectivity index (χ2n) is 7.73. The van der Waals surface area contributed by atoms with Gasteiger partial charge in [-0.3, -0.25) is 9.13 Å². The molecule has 0 amide bonds. The summed E-state index contributed by atoms with van der Waals surface area (Å²) < 4.78 is 13.7. The van der Waals surface area contributed by atoms with E-state index in [1.807, 2.05) is 0 Å². The summed E-state index contributed by atoms with van der Waals surface area (Å²) in [5.74, 6) is -0.729. The van der Waals surface area contributed by atoms with Crippen molar-refractivity contribution in [2.45, 2.75) is 19.5 Å². The van der Waals surface area contributed by atoms with Crippen LogP contribution in [0.3, 0.4) is 0 Å². The number of aromatic nitrogens is 4. The van der Waals surface area contributed by atoms with Crippen molar-refractivity contribution in [2.24, 2.45) is 0 Å². The zero-order valence-electron chi connectivity index (χ0n) is 17.1. The Morgan fingerprint density at radius 2 is 1.19 bits per heavy atom. The molecule has 4 aromatic heterocycles. The Kier molecular flexibility index (Phi) is 5.39. The van der Waals surface area contributed by atoms with Crippen molar-refractivity contribution in [1.82, 2.24) is 28.9 Å². The molecule has 1 aliphatic heterocycles. The molecular formula is C21H24N6O4. The fraction of sp³-hybridized carbons (Fsp3) is 0.429. The molecule has 0 radical (unpaired) electrons.